The summed E-state index contributed by atoms with van der Waals surface area (Å²) >= 11 is 1.90. The van der Waals surface area contributed by atoms with Crippen LogP contribution in [0.3, 0.4) is 0 Å². The third-order valence-electron chi connectivity index (χ3n) is 2.95. The molecule has 2 heterocycles. The van der Waals surface area contributed by atoms with E-state index in [-0.39, 0.29) is 0 Å². The van der Waals surface area contributed by atoms with Crippen molar-refractivity contribution in [2.24, 2.45) is 5.92 Å². The van der Waals surface area contributed by atoms with Crippen molar-refractivity contribution in [2.75, 3.05) is 17.2 Å². The molecule has 2 unspecified atom stereocenters. The lowest BCUT2D eigenvalue weighted by Crippen LogP contribution is -2.15. The van der Waals surface area contributed by atoms with Gasteiger partial charge in [0.1, 0.15) is 5.82 Å². The van der Waals surface area contributed by atoms with Gasteiger partial charge in [-0.1, -0.05) is 0 Å². The number of pyridine rings is 1. The van der Waals surface area contributed by atoms with E-state index >= 15 is 0 Å². The molecule has 1 fully saturated rings. The van der Waals surface area contributed by atoms with Crippen molar-refractivity contribution in [3.63, 3.8) is 0 Å². The van der Waals surface area contributed by atoms with Gasteiger partial charge >= 0.3 is 0 Å². The van der Waals surface area contributed by atoms with Gasteiger partial charge in [-0.25, -0.2) is 4.98 Å². The zero-order valence-electron chi connectivity index (χ0n) is 8.81. The number of aryl methyl sites for hydroxylation is 1. The van der Waals surface area contributed by atoms with Crippen molar-refractivity contribution in [1.29, 1.82) is 0 Å². The lowest BCUT2D eigenvalue weighted by atomic mass is 9.93. The fraction of sp³-hybridized carbons (Fsp3) is 0.545. The molecular weight excluding hydrogens is 208 g/mol. The van der Waals surface area contributed by atoms with Crippen LogP contribution in [0.25, 0.3) is 0 Å². The van der Waals surface area contributed by atoms with E-state index in [4.69, 9.17) is 5.73 Å². The van der Waals surface area contributed by atoms with Crippen molar-refractivity contribution in [3.05, 3.63) is 23.4 Å². The lowest BCUT2D eigenvalue weighted by Gasteiger charge is -2.20. The number of nitrogens with zero attached hydrogens (tertiary/aromatic N) is 1. The highest BCUT2D eigenvalue weighted by molar-refractivity contribution is 7.99. The summed E-state index contributed by atoms with van der Waals surface area (Å²) in [6, 6.07) is 1.90. The fourth-order valence-corrected chi connectivity index (χ4v) is 3.30. The minimum Gasteiger partial charge on any atom is -0.388 e. The Bertz CT molecular complexity index is 330. The standard InChI is InChI=1S/C11H16N2OS/c1-7-2-4-13-11(12)9(7)10(14)8-3-5-15-6-8/h2,4,8,10,14H,3,5-6H2,1H3,(H2,12,13). The molecule has 15 heavy (non-hydrogen) atoms. The van der Waals surface area contributed by atoms with Crippen molar-refractivity contribution >= 4 is 17.6 Å². The Morgan fingerprint density at radius 1 is 1.67 bits per heavy atom. The lowest BCUT2D eigenvalue weighted by molar-refractivity contribution is 0.121. The van der Waals surface area contributed by atoms with E-state index in [0.717, 1.165) is 29.1 Å². The van der Waals surface area contributed by atoms with Gasteiger partial charge in [-0.2, -0.15) is 11.8 Å². The third kappa shape index (κ3) is 2.11. The molecule has 4 heteroatoms. The molecule has 1 saturated heterocycles. The summed E-state index contributed by atoms with van der Waals surface area (Å²) < 4.78 is 0. The van der Waals surface area contributed by atoms with E-state index in [9.17, 15) is 5.11 Å². The van der Waals surface area contributed by atoms with E-state index in [1.165, 1.54) is 0 Å². The Morgan fingerprint density at radius 3 is 3.07 bits per heavy atom. The smallest absolute Gasteiger partial charge is 0.129 e. The van der Waals surface area contributed by atoms with Gasteiger partial charge in [0.25, 0.3) is 0 Å². The van der Waals surface area contributed by atoms with E-state index in [1.807, 2.05) is 24.8 Å². The molecule has 3 nitrogen and oxygen atoms in total. The van der Waals surface area contributed by atoms with Gasteiger partial charge in [0.2, 0.25) is 0 Å². The SMILES string of the molecule is Cc1ccnc(N)c1C(O)C1CCSC1. The molecule has 0 aliphatic carbocycles. The van der Waals surface area contributed by atoms with Crippen molar-refractivity contribution in [1.82, 2.24) is 4.98 Å². The number of aliphatic hydroxyl groups is 1. The number of thioether (sulfide) groups is 1. The van der Waals surface area contributed by atoms with E-state index in [2.05, 4.69) is 4.98 Å². The molecule has 82 valence electrons. The van der Waals surface area contributed by atoms with Crippen molar-refractivity contribution < 1.29 is 5.11 Å². The van der Waals surface area contributed by atoms with Gasteiger partial charge < -0.3 is 10.8 Å². The summed E-state index contributed by atoms with van der Waals surface area (Å²) in [5.74, 6) is 2.97. The maximum Gasteiger partial charge on any atom is 0.129 e. The molecule has 0 amide bonds. The summed E-state index contributed by atoms with van der Waals surface area (Å²) in [5.41, 5.74) is 7.67. The van der Waals surface area contributed by atoms with Crippen LogP contribution in [0.4, 0.5) is 5.82 Å². The van der Waals surface area contributed by atoms with Crippen LogP contribution in [0.2, 0.25) is 0 Å². The first-order valence-corrected chi connectivity index (χ1v) is 6.32. The van der Waals surface area contributed by atoms with E-state index in [0.29, 0.717) is 11.7 Å². The van der Waals surface area contributed by atoms with Crippen LogP contribution in [-0.2, 0) is 0 Å². The highest BCUT2D eigenvalue weighted by Crippen LogP contribution is 2.36. The molecule has 2 atom stereocenters. The molecule has 0 radical (unpaired) electrons. The average Bonchev–Trinajstić information content (AvgIpc) is 2.69. The van der Waals surface area contributed by atoms with Crippen LogP contribution < -0.4 is 5.73 Å². The predicted molar refractivity (Wildman–Crippen MR) is 63.8 cm³/mol. The molecule has 1 aliphatic rings. The van der Waals surface area contributed by atoms with Gasteiger partial charge in [-0.3, -0.25) is 0 Å². The molecule has 1 aromatic heterocycles. The Morgan fingerprint density at radius 2 is 2.47 bits per heavy atom. The minimum absolute atomic E-state index is 0.334. The second-order valence-electron chi connectivity index (χ2n) is 4.00. The number of anilines is 1. The topological polar surface area (TPSA) is 59.1 Å². The monoisotopic (exact) mass is 224 g/mol. The van der Waals surface area contributed by atoms with Crippen LogP contribution in [0.1, 0.15) is 23.7 Å². The number of hydrogen-bond acceptors (Lipinski definition) is 4. The minimum atomic E-state index is -0.450. The maximum absolute atomic E-state index is 10.2. The van der Waals surface area contributed by atoms with E-state index in [1.54, 1.807) is 6.20 Å². The Labute approximate surface area is 94.1 Å². The average molecular weight is 224 g/mol. The van der Waals surface area contributed by atoms with E-state index < -0.39 is 6.10 Å². The Hall–Kier alpha value is -0.740. The van der Waals surface area contributed by atoms with Crippen LogP contribution in [0, 0.1) is 12.8 Å². The predicted octanol–water partition coefficient (Wildman–Crippen LogP) is 1.76. The van der Waals surface area contributed by atoms with Crippen LogP contribution in [0.15, 0.2) is 12.3 Å². The molecule has 0 aromatic carbocycles. The van der Waals surface area contributed by atoms with Crippen LogP contribution in [0.5, 0.6) is 0 Å². The third-order valence-corrected chi connectivity index (χ3v) is 4.13. The first-order valence-electron chi connectivity index (χ1n) is 5.17. The molecule has 2 rings (SSSR count). The zero-order valence-corrected chi connectivity index (χ0v) is 9.63. The normalized spacial score (nSPS) is 22.9. The van der Waals surface area contributed by atoms with Gasteiger partial charge in [0, 0.05) is 11.8 Å². The number of rotatable bonds is 2. The first kappa shape index (κ1) is 10.8. The fourth-order valence-electron chi connectivity index (χ4n) is 2.01. The highest BCUT2D eigenvalue weighted by Gasteiger charge is 2.27. The largest absolute Gasteiger partial charge is 0.388 e. The van der Waals surface area contributed by atoms with Crippen LogP contribution >= 0.6 is 11.8 Å². The first-order chi connectivity index (χ1) is 7.20. The number of hydrogen-bond donors (Lipinski definition) is 2. The molecule has 1 aliphatic heterocycles. The molecule has 0 bridgehead atoms. The van der Waals surface area contributed by atoms with Gasteiger partial charge in [0.05, 0.1) is 6.10 Å². The molecule has 0 spiro atoms. The summed E-state index contributed by atoms with van der Waals surface area (Å²) in [5, 5.41) is 10.2. The quantitative estimate of drug-likeness (QED) is 0.803. The van der Waals surface area contributed by atoms with Gasteiger partial charge in [0.15, 0.2) is 0 Å². The molecular formula is C11H16N2OS. The summed E-state index contributed by atoms with van der Waals surface area (Å²) in [7, 11) is 0. The number of aliphatic hydroxyl groups excluding tert-OH is 1. The molecule has 0 saturated carbocycles. The van der Waals surface area contributed by atoms with Crippen molar-refractivity contribution in [2.45, 2.75) is 19.4 Å². The van der Waals surface area contributed by atoms with Gasteiger partial charge in [-0.05, 0) is 42.4 Å². The van der Waals surface area contributed by atoms with Gasteiger partial charge in [-0.15, -0.1) is 0 Å². The highest BCUT2D eigenvalue weighted by atomic mass is 32.2. The van der Waals surface area contributed by atoms with Crippen molar-refractivity contribution in [3.8, 4) is 0 Å². The number of aromatic nitrogens is 1. The second-order valence-corrected chi connectivity index (χ2v) is 5.15. The number of nitrogens with two attached hydrogens (primary N) is 1. The second kappa shape index (κ2) is 4.41. The number of nitrogen functional groups attached to an aromatic ring is 1. The summed E-state index contributed by atoms with van der Waals surface area (Å²) in [6.45, 7) is 1.97. The Kier molecular flexibility index (Phi) is 3.17. The molecule has 3 N–H and O–H groups in total. The summed E-state index contributed by atoms with van der Waals surface area (Å²) in [4.78, 5) is 4.04. The maximum atomic E-state index is 10.2. The Balaban J connectivity index is 2.27. The molecule has 1 aromatic rings. The summed E-state index contributed by atoms with van der Waals surface area (Å²) in [6.07, 6.45) is 2.30. The zero-order chi connectivity index (χ0) is 10.8. The van der Waals surface area contributed by atoms with Crippen LogP contribution in [-0.4, -0.2) is 21.6 Å².